The Kier molecular flexibility index (Phi) is 10.9. The fraction of sp³-hybridized carbons (Fsp3) is 0.409. The number of carbonyl (C=O) groups excluding carboxylic acids is 2. The minimum absolute atomic E-state index is 0.0285. The summed E-state index contributed by atoms with van der Waals surface area (Å²) < 4.78 is 120. The summed E-state index contributed by atoms with van der Waals surface area (Å²) in [5.74, 6) is -4.16. The van der Waals surface area contributed by atoms with E-state index in [1.165, 1.54) is 36.4 Å². The lowest BCUT2D eigenvalue weighted by Gasteiger charge is -2.43. The van der Waals surface area contributed by atoms with Crippen molar-refractivity contribution < 1.29 is 53.5 Å². The van der Waals surface area contributed by atoms with E-state index in [1.807, 2.05) is 0 Å². The Labute approximate surface area is 376 Å². The number of benzene rings is 2. The van der Waals surface area contributed by atoms with Gasteiger partial charge >= 0.3 is 0 Å². The number of amidine groups is 2. The van der Waals surface area contributed by atoms with Gasteiger partial charge in [-0.2, -0.15) is 0 Å². The summed E-state index contributed by atoms with van der Waals surface area (Å²) in [5.41, 5.74) is 9.65. The Morgan fingerprint density at radius 3 is 1.33 bits per heavy atom. The van der Waals surface area contributed by atoms with Crippen molar-refractivity contribution in [3.8, 4) is 0 Å². The molecular weight excluding hydrogens is 909 g/mol. The van der Waals surface area contributed by atoms with Gasteiger partial charge < -0.3 is 31.6 Å². The molecule has 6 atom stereocenters. The number of aromatic nitrogens is 2. The van der Waals surface area contributed by atoms with Crippen LogP contribution in [0.4, 0.5) is 28.9 Å². The first-order chi connectivity index (χ1) is 31.2. The van der Waals surface area contributed by atoms with Gasteiger partial charge in [-0.3, -0.25) is 19.6 Å². The molecule has 2 saturated heterocycles. The van der Waals surface area contributed by atoms with Crippen molar-refractivity contribution in [1.29, 1.82) is 0 Å². The van der Waals surface area contributed by atoms with Crippen molar-refractivity contribution in [1.82, 2.24) is 9.97 Å². The van der Waals surface area contributed by atoms with E-state index in [0.29, 0.717) is 0 Å². The third-order valence-corrected chi connectivity index (χ3v) is 19.8. The number of ether oxygens (including phenoxy) is 2. The molecule has 6 heterocycles. The van der Waals surface area contributed by atoms with Crippen molar-refractivity contribution in [3.05, 3.63) is 119 Å². The lowest BCUT2D eigenvalue weighted by Crippen LogP contribution is -2.62. The highest BCUT2D eigenvalue weighted by atomic mass is 32.2. The molecule has 0 radical (unpaired) electrons. The van der Waals surface area contributed by atoms with Crippen LogP contribution in [0.15, 0.2) is 83.0 Å². The molecule has 4 aliphatic heterocycles. The molecule has 6 N–H and O–H groups in total. The SMILES string of the molecule is C[C@@]1(C2CC2)C(N)=N[C@@]2(c3cc(NC(=O)c4ccc(F)cn4)ccc3F)COC[C@H]2S1(=O)=O.C[C@]1(C2CC2)C(N)=N[C@@]2(c3cc(NC(=O)c4ccc(F)cn4)ccc3F)COC[C@H]2S1(=O)=O. The molecule has 16 nitrogen and oxygen atoms in total. The van der Waals surface area contributed by atoms with Gasteiger partial charge in [0.25, 0.3) is 11.8 Å². The van der Waals surface area contributed by atoms with Crippen LogP contribution in [0.3, 0.4) is 0 Å². The monoisotopic (exact) mass is 952 g/mol. The van der Waals surface area contributed by atoms with E-state index in [0.717, 1.165) is 62.3 Å². The van der Waals surface area contributed by atoms with E-state index in [9.17, 15) is 35.2 Å². The van der Waals surface area contributed by atoms with E-state index < -0.39 is 85.8 Å². The van der Waals surface area contributed by atoms with Gasteiger partial charge in [0.05, 0.1) is 38.8 Å². The van der Waals surface area contributed by atoms with Gasteiger partial charge in [-0.15, -0.1) is 0 Å². The molecule has 66 heavy (non-hydrogen) atoms. The van der Waals surface area contributed by atoms with Crippen LogP contribution in [0.2, 0.25) is 0 Å². The summed E-state index contributed by atoms with van der Waals surface area (Å²) in [7, 11) is -7.75. The number of halogens is 4. The van der Waals surface area contributed by atoms with Gasteiger partial charge in [0, 0.05) is 22.5 Å². The van der Waals surface area contributed by atoms with Crippen molar-refractivity contribution in [3.63, 3.8) is 0 Å². The first kappa shape index (κ1) is 45.3. The van der Waals surface area contributed by atoms with Crippen LogP contribution in [0.5, 0.6) is 0 Å². The second-order valence-corrected chi connectivity index (χ2v) is 22.7. The third-order valence-electron chi connectivity index (χ3n) is 13.9. The number of nitrogens with one attached hydrogen (secondary N) is 2. The molecule has 4 fully saturated rings. The van der Waals surface area contributed by atoms with Crippen molar-refractivity contribution in [2.45, 2.75) is 70.6 Å². The number of hydrogen-bond acceptors (Lipinski definition) is 14. The number of nitrogens with two attached hydrogens (primary N) is 2. The number of amides is 2. The van der Waals surface area contributed by atoms with Gasteiger partial charge in [0.2, 0.25) is 0 Å². The normalized spacial score (nSPS) is 30.4. The van der Waals surface area contributed by atoms with Crippen LogP contribution >= 0.6 is 0 Å². The lowest BCUT2D eigenvalue weighted by atomic mass is 9.87. The van der Waals surface area contributed by atoms with Crippen LogP contribution in [0, 0.1) is 35.1 Å². The van der Waals surface area contributed by atoms with Crippen LogP contribution in [0.25, 0.3) is 0 Å². The van der Waals surface area contributed by atoms with Crippen LogP contribution in [0.1, 0.15) is 71.6 Å². The Morgan fingerprint density at radius 1 is 0.621 bits per heavy atom. The van der Waals surface area contributed by atoms with E-state index in [1.54, 1.807) is 13.8 Å². The number of carbonyl (C=O) groups is 2. The second kappa shape index (κ2) is 15.9. The minimum atomic E-state index is -3.87. The standard InChI is InChI=1S/2C22H22F2N4O4S/c2*1-21(12-2-3-12)20(25)28-22(11-32-10-18(22)33(21,30)31)15-8-14(5-6-16(15)24)27-19(29)17-7-4-13(23)9-26-17/h2*4-9,12,18H,2-3,10-11H2,1H3,(H2,25,28)(H,27,29)/t18-,21+,22-;18-,21-,22-/m11/s1. The van der Waals surface area contributed by atoms with E-state index in [-0.39, 0.29) is 83.8 Å². The number of hydrogen-bond donors (Lipinski definition) is 4. The summed E-state index contributed by atoms with van der Waals surface area (Å²) >= 11 is 0. The number of pyridine rings is 2. The average Bonchev–Trinajstić information content (AvgIpc) is 4.22. The smallest absolute Gasteiger partial charge is 0.274 e. The van der Waals surface area contributed by atoms with Crippen LogP contribution < -0.4 is 22.1 Å². The number of rotatable bonds is 8. The largest absolute Gasteiger partial charge is 0.386 e. The Balaban J connectivity index is 0.000000166. The molecule has 0 unspecified atom stereocenters. The van der Waals surface area contributed by atoms with Gasteiger partial charge in [-0.05, 0) is 112 Å². The first-order valence-corrected chi connectivity index (χ1v) is 24.1. The van der Waals surface area contributed by atoms with Crippen LogP contribution in [-0.4, -0.2) is 96.7 Å². The van der Waals surface area contributed by atoms with Crippen molar-refractivity contribution >= 4 is 54.5 Å². The average molecular weight is 953 g/mol. The molecule has 2 aromatic carbocycles. The molecule has 2 aromatic heterocycles. The molecule has 348 valence electrons. The Bertz CT molecular complexity index is 2760. The molecule has 2 saturated carbocycles. The molecular formula is C44H44F4N8O8S2. The number of anilines is 2. The summed E-state index contributed by atoms with van der Waals surface area (Å²) in [5, 5.41) is 2.94. The van der Waals surface area contributed by atoms with Crippen LogP contribution in [-0.2, 0) is 40.2 Å². The number of aliphatic imine (C=N–C) groups is 2. The van der Waals surface area contributed by atoms with Crippen molar-refractivity contribution in [2.24, 2.45) is 33.3 Å². The maximum absolute atomic E-state index is 15.1. The highest BCUT2D eigenvalue weighted by molar-refractivity contribution is 7.94. The fourth-order valence-corrected chi connectivity index (χ4v) is 14.9. The maximum atomic E-state index is 15.1. The lowest BCUT2D eigenvalue weighted by molar-refractivity contribution is 0.101. The highest BCUT2D eigenvalue weighted by Crippen LogP contribution is 2.55. The van der Waals surface area contributed by atoms with Gasteiger partial charge in [0.1, 0.15) is 77.4 Å². The second-order valence-electron chi connectivity index (χ2n) is 17.7. The molecule has 2 aliphatic carbocycles. The zero-order valence-electron chi connectivity index (χ0n) is 35.4. The molecule has 22 heteroatoms. The number of nitrogens with zero attached hydrogens (tertiary/aromatic N) is 4. The first-order valence-electron chi connectivity index (χ1n) is 21.0. The highest BCUT2D eigenvalue weighted by Gasteiger charge is 2.68. The summed E-state index contributed by atoms with van der Waals surface area (Å²) in [4.78, 5) is 41.6. The predicted molar refractivity (Wildman–Crippen MR) is 233 cm³/mol. The Hall–Kier alpha value is -5.84. The maximum Gasteiger partial charge on any atom is 0.274 e. The quantitative estimate of drug-likeness (QED) is 0.181. The van der Waals surface area contributed by atoms with Gasteiger partial charge in [0.15, 0.2) is 19.7 Å². The summed E-state index contributed by atoms with van der Waals surface area (Å²) in [6.45, 7) is 2.60. The van der Waals surface area contributed by atoms with Crippen molar-refractivity contribution in [2.75, 3.05) is 37.1 Å². The topological polar surface area (TPSA) is 247 Å². The number of fused-ring (bicyclic) bond motifs is 2. The molecule has 4 aromatic rings. The molecule has 10 rings (SSSR count). The fourth-order valence-electron chi connectivity index (χ4n) is 9.59. The minimum Gasteiger partial charge on any atom is -0.386 e. The van der Waals surface area contributed by atoms with E-state index in [4.69, 9.17) is 20.9 Å². The predicted octanol–water partition coefficient (Wildman–Crippen LogP) is 4.32. The van der Waals surface area contributed by atoms with E-state index in [2.05, 4.69) is 30.6 Å². The number of sulfone groups is 2. The summed E-state index contributed by atoms with van der Waals surface area (Å²) in [6.07, 6.45) is 4.76. The van der Waals surface area contributed by atoms with Gasteiger partial charge in [-0.1, -0.05) is 0 Å². The zero-order chi connectivity index (χ0) is 47.2. The van der Waals surface area contributed by atoms with E-state index >= 15 is 8.78 Å². The molecule has 6 aliphatic rings. The zero-order valence-corrected chi connectivity index (χ0v) is 37.1. The summed E-state index contributed by atoms with van der Waals surface area (Å²) in [6, 6.07) is 12.2. The third kappa shape index (κ3) is 7.05. The Morgan fingerprint density at radius 2 is 1.00 bits per heavy atom. The molecule has 0 bridgehead atoms. The van der Waals surface area contributed by atoms with Gasteiger partial charge in [-0.25, -0.2) is 44.4 Å². The molecule has 2 amide bonds. The molecule has 0 spiro atoms.